The Balaban J connectivity index is 1.82. The Labute approximate surface area is 268 Å². The van der Waals surface area contributed by atoms with E-state index < -0.39 is 63.5 Å². The summed E-state index contributed by atoms with van der Waals surface area (Å²) in [6.07, 6.45) is 0.901. The van der Waals surface area contributed by atoms with E-state index in [1.54, 1.807) is 0 Å². The predicted molar refractivity (Wildman–Crippen MR) is 158 cm³/mol. The van der Waals surface area contributed by atoms with Crippen molar-refractivity contribution in [1.82, 2.24) is 14.8 Å². The molecule has 2 aromatic heterocycles. The van der Waals surface area contributed by atoms with Crippen molar-refractivity contribution in [2.45, 2.75) is 31.0 Å². The molecule has 1 amide bonds. The number of amides is 1. The summed E-state index contributed by atoms with van der Waals surface area (Å²) in [5.74, 6) is -9.70. The van der Waals surface area contributed by atoms with Crippen LogP contribution in [0.15, 0.2) is 63.9 Å². The predicted octanol–water partition coefficient (Wildman–Crippen LogP) is 5.74. The zero-order valence-corrected chi connectivity index (χ0v) is 25.9. The van der Waals surface area contributed by atoms with Crippen LogP contribution >= 0.6 is 0 Å². The van der Waals surface area contributed by atoms with Crippen LogP contribution in [0.5, 0.6) is 5.75 Å². The molecule has 0 saturated heterocycles. The number of sulfone groups is 1. The summed E-state index contributed by atoms with van der Waals surface area (Å²) in [6.45, 7) is -2.58. The number of hydrogen-bond donors (Lipinski definition) is 2. The highest BCUT2D eigenvalue weighted by molar-refractivity contribution is 7.90. The Kier molecular flexibility index (Phi) is 8.87. The highest BCUT2D eigenvalue weighted by Gasteiger charge is 2.42. The van der Waals surface area contributed by atoms with Gasteiger partial charge < -0.3 is 20.0 Å². The highest BCUT2D eigenvalue weighted by atomic mass is 32.2. The van der Waals surface area contributed by atoms with Crippen molar-refractivity contribution in [3.63, 3.8) is 0 Å². The fourth-order valence-electron chi connectivity index (χ4n) is 5.06. The second-order valence-electron chi connectivity index (χ2n) is 10.5. The number of aliphatic hydroxyl groups excluding tert-OH is 1. The van der Waals surface area contributed by atoms with Gasteiger partial charge in [0.05, 0.1) is 22.8 Å². The van der Waals surface area contributed by atoms with E-state index in [0.29, 0.717) is 0 Å². The monoisotopic (exact) mass is 694 g/mol. The average Bonchev–Trinajstić information content (AvgIpc) is 3.59. The number of aryl methyl sites for hydroxylation is 2. The molecule has 0 spiro atoms. The van der Waals surface area contributed by atoms with Crippen molar-refractivity contribution in [2.75, 3.05) is 6.26 Å². The van der Waals surface area contributed by atoms with Gasteiger partial charge in [0.15, 0.2) is 33.1 Å². The molecule has 0 bridgehead atoms. The number of ether oxygens (including phenoxy) is 1. The van der Waals surface area contributed by atoms with E-state index in [0.717, 1.165) is 41.3 Å². The van der Waals surface area contributed by atoms with Crippen LogP contribution in [0.4, 0.5) is 26.3 Å². The lowest BCUT2D eigenvalue weighted by molar-refractivity contribution is -0.143. The Morgan fingerprint density at radius 1 is 1.06 bits per heavy atom. The maximum absolute atomic E-state index is 17.0. The summed E-state index contributed by atoms with van der Waals surface area (Å²) in [5, 5.41) is 13.4. The molecule has 5 rings (SSSR count). The number of nitrogens with zero attached hydrogens (tertiary/aromatic N) is 3. The van der Waals surface area contributed by atoms with Crippen LogP contribution in [0.3, 0.4) is 0 Å². The first-order valence-corrected chi connectivity index (χ1v) is 15.5. The zero-order chi connectivity index (χ0) is 35.3. The number of rotatable bonds is 10. The lowest BCUT2D eigenvalue weighted by Crippen LogP contribution is -2.33. The molecule has 0 aliphatic carbocycles. The van der Waals surface area contributed by atoms with E-state index in [9.17, 15) is 40.3 Å². The molecule has 5 aromatic rings. The van der Waals surface area contributed by atoms with Gasteiger partial charge in [-0.05, 0) is 41.5 Å². The van der Waals surface area contributed by atoms with Gasteiger partial charge in [-0.2, -0.15) is 22.7 Å². The van der Waals surface area contributed by atoms with E-state index >= 15 is 4.39 Å². The van der Waals surface area contributed by atoms with Gasteiger partial charge in [-0.3, -0.25) is 9.48 Å². The molecule has 0 atom stereocenters. The minimum atomic E-state index is -4.21. The van der Waals surface area contributed by atoms with Gasteiger partial charge in [0.25, 0.3) is 5.91 Å². The van der Waals surface area contributed by atoms with Gasteiger partial charge in [0, 0.05) is 36.9 Å². The fraction of sp³-hybridized carbons (Fsp3) is 0.194. The minimum Gasteiger partial charge on any atom is -0.440 e. The van der Waals surface area contributed by atoms with Crippen LogP contribution < -0.4 is 10.5 Å². The summed E-state index contributed by atoms with van der Waals surface area (Å²) in [6, 6.07) is 9.95. The summed E-state index contributed by atoms with van der Waals surface area (Å²) >= 11 is 0. The number of alkyl halides is 4. The Hall–Kier alpha value is -5.16. The Bertz CT molecular complexity index is 2180. The SMILES string of the molecule is Cc1nc(-c2ccc(OC(F)F)c(F)c2)c(-c2c(-c3cc(C(F)(F)C(N)=O)nn3C)ccc(-c3ccc(CO)c(S(C)(=O)=O)c3)c2F)o1. The van der Waals surface area contributed by atoms with Crippen LogP contribution in [-0.4, -0.2) is 47.1 Å². The Morgan fingerprint density at radius 3 is 2.33 bits per heavy atom. The van der Waals surface area contributed by atoms with Crippen LogP contribution in [0.2, 0.25) is 0 Å². The number of benzene rings is 3. The van der Waals surface area contributed by atoms with Gasteiger partial charge in [0.1, 0.15) is 17.2 Å². The molecule has 252 valence electrons. The largest absolute Gasteiger partial charge is 0.440 e. The van der Waals surface area contributed by atoms with E-state index in [2.05, 4.69) is 14.8 Å². The standard InChI is InChI=1S/C31H24F6N4O6S/c1-14-39-27(16-6-9-22(20(32)10-16)47-30(34)35)28(46-14)25-19(21-12-24(40-41(21)2)31(36,37)29(38)43)8-7-18(26(25)33)15-4-5-17(13-42)23(11-15)48(3,44)45/h4-12,30,42H,13H2,1-3H3,(H2,38,43). The van der Waals surface area contributed by atoms with Crippen molar-refractivity contribution < 1.29 is 53.8 Å². The molecule has 0 aliphatic heterocycles. The lowest BCUT2D eigenvalue weighted by Gasteiger charge is -2.15. The average molecular weight is 695 g/mol. The van der Waals surface area contributed by atoms with Crippen LogP contribution in [0.25, 0.3) is 45.0 Å². The first-order chi connectivity index (χ1) is 22.4. The molecule has 10 nitrogen and oxygen atoms in total. The Morgan fingerprint density at radius 2 is 1.73 bits per heavy atom. The summed E-state index contributed by atoms with van der Waals surface area (Å²) in [5.41, 5.74) is 2.69. The molecule has 0 radical (unpaired) electrons. The van der Waals surface area contributed by atoms with E-state index in [4.69, 9.17) is 10.2 Å². The quantitative estimate of drug-likeness (QED) is 0.176. The third kappa shape index (κ3) is 6.25. The molecule has 17 heteroatoms. The molecule has 0 aliphatic rings. The third-order valence-electron chi connectivity index (χ3n) is 7.26. The molecule has 48 heavy (non-hydrogen) atoms. The summed E-state index contributed by atoms with van der Waals surface area (Å²) in [7, 11) is -2.67. The first-order valence-electron chi connectivity index (χ1n) is 13.7. The van der Waals surface area contributed by atoms with Gasteiger partial charge in [-0.1, -0.05) is 24.3 Å². The summed E-state index contributed by atoms with van der Waals surface area (Å²) < 4.78 is 122. The second-order valence-corrected chi connectivity index (χ2v) is 12.5. The lowest BCUT2D eigenvalue weighted by atomic mass is 9.92. The molecule has 0 fully saturated rings. The van der Waals surface area contributed by atoms with Gasteiger partial charge in [-0.15, -0.1) is 0 Å². The van der Waals surface area contributed by atoms with E-state index in [1.807, 2.05) is 0 Å². The van der Waals surface area contributed by atoms with Crippen molar-refractivity contribution in [2.24, 2.45) is 12.8 Å². The number of hydrogen-bond acceptors (Lipinski definition) is 8. The summed E-state index contributed by atoms with van der Waals surface area (Å²) in [4.78, 5) is 15.4. The third-order valence-corrected chi connectivity index (χ3v) is 8.44. The smallest absolute Gasteiger partial charge is 0.387 e. The number of aliphatic hydroxyl groups is 1. The zero-order valence-electron chi connectivity index (χ0n) is 25.1. The van der Waals surface area contributed by atoms with Crippen molar-refractivity contribution in [3.05, 3.63) is 83.4 Å². The molecular formula is C31H24F6N4O6S. The molecule has 3 N–H and O–H groups in total. The first kappa shape index (κ1) is 34.2. The highest BCUT2D eigenvalue weighted by Crippen LogP contribution is 2.44. The number of oxazole rings is 1. The van der Waals surface area contributed by atoms with Crippen molar-refractivity contribution in [3.8, 4) is 50.7 Å². The van der Waals surface area contributed by atoms with Crippen LogP contribution in [0, 0.1) is 18.6 Å². The van der Waals surface area contributed by atoms with E-state index in [-0.39, 0.29) is 55.8 Å². The van der Waals surface area contributed by atoms with Crippen LogP contribution in [-0.2, 0) is 34.2 Å². The van der Waals surface area contributed by atoms with E-state index in [1.165, 1.54) is 38.2 Å². The normalized spacial score (nSPS) is 12.1. The maximum atomic E-state index is 17.0. The number of carbonyl (C=O) groups is 1. The molecule has 0 unspecified atom stereocenters. The number of nitrogens with two attached hydrogens (primary N) is 1. The fourth-order valence-corrected chi connectivity index (χ4v) is 6.01. The molecule has 2 heterocycles. The number of aromatic nitrogens is 3. The molecule has 3 aromatic carbocycles. The number of carbonyl (C=O) groups excluding carboxylic acids is 1. The number of primary amides is 1. The van der Waals surface area contributed by atoms with Crippen molar-refractivity contribution in [1.29, 1.82) is 0 Å². The molecular weight excluding hydrogens is 670 g/mol. The van der Waals surface area contributed by atoms with Gasteiger partial charge in [0.2, 0.25) is 0 Å². The number of halogens is 6. The van der Waals surface area contributed by atoms with Crippen LogP contribution in [0.1, 0.15) is 17.1 Å². The van der Waals surface area contributed by atoms with Crippen molar-refractivity contribution >= 4 is 15.7 Å². The van der Waals surface area contributed by atoms with Gasteiger partial charge >= 0.3 is 12.5 Å². The maximum Gasteiger partial charge on any atom is 0.387 e. The minimum absolute atomic E-state index is 0.0289. The van der Waals surface area contributed by atoms with Gasteiger partial charge in [-0.25, -0.2) is 22.2 Å². The second kappa shape index (κ2) is 12.5. The molecule has 0 saturated carbocycles. The topological polar surface area (TPSA) is 151 Å².